The van der Waals surface area contributed by atoms with Crippen molar-refractivity contribution < 1.29 is 14.7 Å². The molecule has 0 aliphatic carbocycles. The Balaban J connectivity index is 2.29. The first-order valence-corrected chi connectivity index (χ1v) is 4.86. The lowest BCUT2D eigenvalue weighted by atomic mass is 10.2. The van der Waals surface area contributed by atoms with Crippen LogP contribution < -0.4 is 5.73 Å². The van der Waals surface area contributed by atoms with Crippen molar-refractivity contribution in [3.05, 3.63) is 0 Å². The molecule has 80 valence electrons. The maximum absolute atomic E-state index is 11.0. The van der Waals surface area contributed by atoms with Crippen LogP contribution in [0.3, 0.4) is 0 Å². The van der Waals surface area contributed by atoms with Crippen molar-refractivity contribution in [2.75, 3.05) is 13.1 Å². The second-order valence-corrected chi connectivity index (χ2v) is 3.59. The van der Waals surface area contributed by atoms with Crippen LogP contribution in [-0.4, -0.2) is 41.0 Å². The minimum Gasteiger partial charge on any atom is -0.481 e. The van der Waals surface area contributed by atoms with Gasteiger partial charge in [-0.3, -0.25) is 14.5 Å². The highest BCUT2D eigenvalue weighted by Crippen LogP contribution is 2.17. The summed E-state index contributed by atoms with van der Waals surface area (Å²) in [6, 6.07) is -0.177. The second kappa shape index (κ2) is 4.95. The van der Waals surface area contributed by atoms with E-state index in [0.717, 1.165) is 19.4 Å². The van der Waals surface area contributed by atoms with Crippen molar-refractivity contribution in [3.8, 4) is 0 Å². The highest BCUT2D eigenvalue weighted by atomic mass is 16.4. The molecule has 1 unspecified atom stereocenters. The van der Waals surface area contributed by atoms with Crippen LogP contribution in [0.5, 0.6) is 0 Å². The molecule has 1 saturated heterocycles. The molecule has 1 heterocycles. The molecule has 0 radical (unpaired) electrons. The first-order valence-electron chi connectivity index (χ1n) is 4.86. The third-order valence-corrected chi connectivity index (χ3v) is 2.53. The molecular weight excluding hydrogens is 184 g/mol. The third-order valence-electron chi connectivity index (χ3n) is 2.53. The Morgan fingerprint density at radius 3 is 2.79 bits per heavy atom. The van der Waals surface area contributed by atoms with Gasteiger partial charge in [-0.25, -0.2) is 0 Å². The quantitative estimate of drug-likeness (QED) is 0.643. The molecule has 1 fully saturated rings. The summed E-state index contributed by atoms with van der Waals surface area (Å²) < 4.78 is 0. The highest BCUT2D eigenvalue weighted by molar-refractivity contribution is 5.80. The van der Waals surface area contributed by atoms with Crippen LogP contribution in [0.15, 0.2) is 0 Å². The summed E-state index contributed by atoms with van der Waals surface area (Å²) in [6.07, 6.45) is 2.52. The van der Waals surface area contributed by atoms with Crippen LogP contribution in [0.2, 0.25) is 0 Å². The van der Waals surface area contributed by atoms with E-state index in [9.17, 15) is 9.59 Å². The van der Waals surface area contributed by atoms with Crippen molar-refractivity contribution in [1.29, 1.82) is 0 Å². The van der Waals surface area contributed by atoms with Crippen LogP contribution in [0.1, 0.15) is 25.7 Å². The van der Waals surface area contributed by atoms with Crippen LogP contribution in [0.25, 0.3) is 0 Å². The fraction of sp³-hybridized carbons (Fsp3) is 0.778. The van der Waals surface area contributed by atoms with Gasteiger partial charge < -0.3 is 10.8 Å². The number of amides is 1. The van der Waals surface area contributed by atoms with Gasteiger partial charge in [-0.1, -0.05) is 0 Å². The number of carbonyl (C=O) groups is 2. The Morgan fingerprint density at radius 1 is 1.50 bits per heavy atom. The van der Waals surface area contributed by atoms with Crippen LogP contribution in [0, 0.1) is 0 Å². The van der Waals surface area contributed by atoms with Gasteiger partial charge >= 0.3 is 5.97 Å². The van der Waals surface area contributed by atoms with E-state index in [2.05, 4.69) is 0 Å². The smallest absolute Gasteiger partial charge is 0.303 e. The van der Waals surface area contributed by atoms with E-state index < -0.39 is 5.97 Å². The Labute approximate surface area is 82.9 Å². The molecule has 1 aliphatic heterocycles. The molecule has 0 aromatic rings. The minimum atomic E-state index is -0.792. The fourth-order valence-corrected chi connectivity index (χ4v) is 1.85. The average Bonchev–Trinajstić information content (AvgIpc) is 2.51. The predicted molar refractivity (Wildman–Crippen MR) is 50.7 cm³/mol. The summed E-state index contributed by atoms with van der Waals surface area (Å²) in [4.78, 5) is 23.2. The molecule has 0 spiro atoms. The number of hydrogen-bond donors (Lipinski definition) is 2. The zero-order valence-corrected chi connectivity index (χ0v) is 8.11. The van der Waals surface area contributed by atoms with Crippen molar-refractivity contribution in [1.82, 2.24) is 4.90 Å². The van der Waals surface area contributed by atoms with Crippen LogP contribution in [0.4, 0.5) is 0 Å². The molecule has 14 heavy (non-hydrogen) atoms. The van der Waals surface area contributed by atoms with Crippen molar-refractivity contribution in [2.45, 2.75) is 31.7 Å². The summed E-state index contributed by atoms with van der Waals surface area (Å²) in [5.41, 5.74) is 5.22. The van der Waals surface area contributed by atoms with Gasteiger partial charge in [0, 0.05) is 6.42 Å². The lowest BCUT2D eigenvalue weighted by Crippen LogP contribution is -2.40. The van der Waals surface area contributed by atoms with Gasteiger partial charge in [0.05, 0.1) is 6.04 Å². The zero-order valence-electron chi connectivity index (χ0n) is 8.11. The zero-order chi connectivity index (χ0) is 10.6. The van der Waals surface area contributed by atoms with Gasteiger partial charge in [0.2, 0.25) is 5.91 Å². The molecule has 1 rings (SSSR count). The Bertz CT molecular complexity index is 230. The standard InChI is InChI=1S/C9H16N2O3/c10-9(14)7-3-1-5-11(7)6-2-4-8(12)13/h7H,1-6H2,(H2,10,14)(H,12,13). The lowest BCUT2D eigenvalue weighted by Gasteiger charge is -2.20. The number of nitrogens with two attached hydrogens (primary N) is 1. The van der Waals surface area contributed by atoms with Crippen LogP contribution >= 0.6 is 0 Å². The monoisotopic (exact) mass is 200 g/mol. The van der Waals surface area contributed by atoms with Crippen molar-refractivity contribution >= 4 is 11.9 Å². The number of aliphatic carboxylic acids is 1. The first-order chi connectivity index (χ1) is 6.61. The number of nitrogens with zero attached hydrogens (tertiary/aromatic N) is 1. The summed E-state index contributed by atoms with van der Waals surface area (Å²) in [5.74, 6) is -1.09. The Morgan fingerprint density at radius 2 is 2.21 bits per heavy atom. The Kier molecular flexibility index (Phi) is 3.88. The number of carboxylic acid groups (broad SMARTS) is 1. The maximum Gasteiger partial charge on any atom is 0.303 e. The number of carbonyl (C=O) groups excluding carboxylic acids is 1. The summed E-state index contributed by atoms with van der Waals surface area (Å²) in [7, 11) is 0. The molecule has 3 N–H and O–H groups in total. The molecule has 5 heteroatoms. The normalized spacial score (nSPS) is 22.4. The fourth-order valence-electron chi connectivity index (χ4n) is 1.85. The molecule has 0 bridgehead atoms. The number of rotatable bonds is 5. The molecule has 0 aromatic heterocycles. The number of carboxylic acids is 1. The van der Waals surface area contributed by atoms with E-state index in [1.54, 1.807) is 0 Å². The van der Waals surface area contributed by atoms with Gasteiger partial charge in [0.25, 0.3) is 0 Å². The molecule has 1 amide bonds. The lowest BCUT2D eigenvalue weighted by molar-refractivity contribution is -0.137. The van der Waals surface area contributed by atoms with Gasteiger partial charge in [-0.05, 0) is 32.4 Å². The van der Waals surface area contributed by atoms with Gasteiger partial charge in [0.15, 0.2) is 0 Å². The van der Waals surface area contributed by atoms with E-state index in [1.165, 1.54) is 0 Å². The van der Waals surface area contributed by atoms with Crippen LogP contribution in [-0.2, 0) is 9.59 Å². The molecule has 0 aromatic carbocycles. The van der Waals surface area contributed by atoms with Crippen molar-refractivity contribution in [3.63, 3.8) is 0 Å². The summed E-state index contributed by atoms with van der Waals surface area (Å²) in [5, 5.41) is 8.45. The maximum atomic E-state index is 11.0. The molecule has 1 aliphatic rings. The van der Waals surface area contributed by atoms with Gasteiger partial charge in [0.1, 0.15) is 0 Å². The van der Waals surface area contributed by atoms with Crippen molar-refractivity contribution in [2.24, 2.45) is 5.73 Å². The number of primary amides is 1. The minimum absolute atomic E-state index is 0.155. The predicted octanol–water partition coefficient (Wildman–Crippen LogP) is -0.199. The SMILES string of the molecule is NC(=O)C1CCCN1CCCC(=O)O. The largest absolute Gasteiger partial charge is 0.481 e. The van der Waals surface area contributed by atoms with E-state index in [4.69, 9.17) is 10.8 Å². The molecule has 5 nitrogen and oxygen atoms in total. The third kappa shape index (κ3) is 2.99. The molecular formula is C9H16N2O3. The van der Waals surface area contributed by atoms with E-state index in [1.807, 2.05) is 4.90 Å². The van der Waals surface area contributed by atoms with E-state index >= 15 is 0 Å². The molecule has 1 atom stereocenters. The van der Waals surface area contributed by atoms with E-state index in [-0.39, 0.29) is 18.4 Å². The topological polar surface area (TPSA) is 83.6 Å². The van der Waals surface area contributed by atoms with E-state index in [0.29, 0.717) is 13.0 Å². The second-order valence-electron chi connectivity index (χ2n) is 3.59. The van der Waals surface area contributed by atoms with Gasteiger partial charge in [-0.2, -0.15) is 0 Å². The number of likely N-dealkylation sites (tertiary alicyclic amines) is 1. The number of hydrogen-bond acceptors (Lipinski definition) is 3. The first kappa shape index (κ1) is 11.0. The Hall–Kier alpha value is -1.10. The summed E-state index contributed by atoms with van der Waals surface area (Å²) in [6.45, 7) is 1.51. The average molecular weight is 200 g/mol. The molecule has 0 saturated carbocycles. The van der Waals surface area contributed by atoms with Gasteiger partial charge in [-0.15, -0.1) is 0 Å². The highest BCUT2D eigenvalue weighted by Gasteiger charge is 2.28. The summed E-state index contributed by atoms with van der Waals surface area (Å²) >= 11 is 0.